The molecule has 1 heterocycles. The fraction of sp³-hybridized carbons (Fsp3) is 0. The third-order valence-corrected chi connectivity index (χ3v) is 3.51. The number of hydrogen-bond donors (Lipinski definition) is 2. The van der Waals surface area contributed by atoms with E-state index in [1.165, 1.54) is 24.4 Å². The lowest BCUT2D eigenvalue weighted by molar-refractivity contribution is 0.102. The van der Waals surface area contributed by atoms with Gasteiger partial charge in [0, 0.05) is 22.3 Å². The molecule has 0 atom stereocenters. The number of benzene rings is 2. The number of carbonyl (C=O) groups is 1. The maximum absolute atomic E-state index is 12.2. The maximum atomic E-state index is 12.2. The molecule has 0 aliphatic rings. The van der Waals surface area contributed by atoms with Crippen molar-refractivity contribution in [3.05, 3.63) is 64.8 Å². The summed E-state index contributed by atoms with van der Waals surface area (Å²) in [4.78, 5) is 16.4. The summed E-state index contributed by atoms with van der Waals surface area (Å²) in [5.74, 6) is -0.623. The Kier molecular flexibility index (Phi) is 3.83. The van der Waals surface area contributed by atoms with Crippen molar-refractivity contribution < 1.29 is 9.90 Å². The van der Waals surface area contributed by atoms with Crippen molar-refractivity contribution >= 4 is 34.1 Å². The molecule has 0 unspecified atom stereocenters. The van der Waals surface area contributed by atoms with Crippen molar-refractivity contribution in [2.45, 2.75) is 0 Å². The van der Waals surface area contributed by atoms with Crippen molar-refractivity contribution in [2.24, 2.45) is 0 Å². The summed E-state index contributed by atoms with van der Waals surface area (Å²) < 4.78 is 0. The maximum Gasteiger partial charge on any atom is 0.259 e. The Labute approximate surface area is 136 Å². The van der Waals surface area contributed by atoms with Gasteiger partial charge in [0.1, 0.15) is 11.8 Å². The summed E-state index contributed by atoms with van der Waals surface area (Å²) >= 11 is 5.84. The van der Waals surface area contributed by atoms with E-state index in [4.69, 9.17) is 16.9 Å². The number of carbonyl (C=O) groups excluding carboxylic acids is 1. The normalized spacial score (nSPS) is 10.3. The van der Waals surface area contributed by atoms with Gasteiger partial charge in [-0.05, 0) is 36.4 Å². The zero-order chi connectivity index (χ0) is 16.4. The minimum atomic E-state index is -0.474. The molecule has 0 fully saturated rings. The van der Waals surface area contributed by atoms with Crippen molar-refractivity contribution in [1.82, 2.24) is 4.98 Å². The molecule has 0 aliphatic heterocycles. The largest absolute Gasteiger partial charge is 0.507 e. The molecule has 0 saturated carbocycles. The summed E-state index contributed by atoms with van der Waals surface area (Å²) in [5, 5.41) is 22.5. The molecule has 3 aromatic rings. The second-order valence-corrected chi connectivity index (χ2v) is 5.30. The smallest absolute Gasteiger partial charge is 0.259 e. The molecule has 1 aromatic heterocycles. The van der Waals surface area contributed by atoms with E-state index in [9.17, 15) is 9.90 Å². The zero-order valence-corrected chi connectivity index (χ0v) is 12.5. The SMILES string of the molecule is N#Cc1cnc2cc(NC(=O)c3cc(Cl)ccc3O)ccc2c1. The molecule has 0 aliphatic carbocycles. The van der Waals surface area contributed by atoms with Crippen molar-refractivity contribution in [3.8, 4) is 11.8 Å². The molecule has 0 bridgehead atoms. The lowest BCUT2D eigenvalue weighted by atomic mass is 10.1. The number of rotatable bonds is 2. The van der Waals surface area contributed by atoms with Crippen molar-refractivity contribution in [1.29, 1.82) is 5.26 Å². The molecule has 0 saturated heterocycles. The minimum absolute atomic E-state index is 0.0883. The predicted octanol–water partition coefficient (Wildman–Crippen LogP) is 3.72. The monoisotopic (exact) mass is 323 g/mol. The highest BCUT2D eigenvalue weighted by Gasteiger charge is 2.12. The zero-order valence-electron chi connectivity index (χ0n) is 11.7. The van der Waals surface area contributed by atoms with Gasteiger partial charge in [-0.15, -0.1) is 0 Å². The van der Waals surface area contributed by atoms with Crippen LogP contribution in [0.5, 0.6) is 5.75 Å². The van der Waals surface area contributed by atoms with Crippen LogP contribution < -0.4 is 5.32 Å². The number of phenolic OH excluding ortho intramolecular Hbond substituents is 1. The number of hydrogen-bond acceptors (Lipinski definition) is 4. The molecule has 23 heavy (non-hydrogen) atoms. The number of nitrogens with zero attached hydrogens (tertiary/aromatic N) is 2. The average Bonchev–Trinajstić information content (AvgIpc) is 2.56. The second kappa shape index (κ2) is 5.95. The van der Waals surface area contributed by atoms with Gasteiger partial charge in [-0.2, -0.15) is 5.26 Å². The quantitative estimate of drug-likeness (QED) is 0.752. The van der Waals surface area contributed by atoms with Crippen LogP contribution in [0.2, 0.25) is 5.02 Å². The van der Waals surface area contributed by atoms with Gasteiger partial charge in [-0.1, -0.05) is 17.7 Å². The third kappa shape index (κ3) is 3.07. The fourth-order valence-corrected chi connectivity index (χ4v) is 2.32. The van der Waals surface area contributed by atoms with Crippen LogP contribution in [0.4, 0.5) is 5.69 Å². The number of aromatic nitrogens is 1. The van der Waals surface area contributed by atoms with Gasteiger partial charge in [-0.3, -0.25) is 9.78 Å². The van der Waals surface area contributed by atoms with Gasteiger partial charge in [0.2, 0.25) is 0 Å². The average molecular weight is 324 g/mol. The molecule has 6 heteroatoms. The molecule has 1 amide bonds. The number of fused-ring (bicyclic) bond motifs is 1. The number of nitriles is 1. The minimum Gasteiger partial charge on any atom is -0.507 e. The number of anilines is 1. The number of phenols is 1. The van der Waals surface area contributed by atoms with Crippen LogP contribution in [-0.4, -0.2) is 16.0 Å². The van der Waals surface area contributed by atoms with Gasteiger partial charge < -0.3 is 10.4 Å². The number of pyridine rings is 1. The molecule has 112 valence electrons. The first-order chi connectivity index (χ1) is 11.1. The third-order valence-electron chi connectivity index (χ3n) is 3.27. The lowest BCUT2D eigenvalue weighted by Gasteiger charge is -2.08. The van der Waals surface area contributed by atoms with Crippen molar-refractivity contribution in [2.75, 3.05) is 5.32 Å². The molecular weight excluding hydrogens is 314 g/mol. The summed E-state index contributed by atoms with van der Waals surface area (Å²) in [6.45, 7) is 0. The Morgan fingerprint density at radius 2 is 2.04 bits per heavy atom. The van der Waals surface area contributed by atoms with Crippen LogP contribution in [0.3, 0.4) is 0 Å². The fourth-order valence-electron chi connectivity index (χ4n) is 2.15. The lowest BCUT2D eigenvalue weighted by Crippen LogP contribution is -2.12. The van der Waals surface area contributed by atoms with Gasteiger partial charge >= 0.3 is 0 Å². The molecule has 0 radical (unpaired) electrons. The van der Waals surface area contributed by atoms with E-state index >= 15 is 0 Å². The summed E-state index contributed by atoms with van der Waals surface area (Å²) in [6.07, 6.45) is 1.47. The summed E-state index contributed by atoms with van der Waals surface area (Å²) in [6, 6.07) is 13.2. The highest BCUT2D eigenvalue weighted by Crippen LogP contribution is 2.24. The number of halogens is 1. The number of nitrogens with one attached hydrogen (secondary N) is 1. The highest BCUT2D eigenvalue weighted by molar-refractivity contribution is 6.31. The first-order valence-corrected chi connectivity index (χ1v) is 7.04. The number of amides is 1. The molecular formula is C17H10ClN3O2. The predicted molar refractivity (Wildman–Crippen MR) is 87.5 cm³/mol. The Balaban J connectivity index is 1.91. The van der Waals surface area contributed by atoms with Crippen LogP contribution in [0.15, 0.2) is 48.7 Å². The Morgan fingerprint density at radius 1 is 1.22 bits per heavy atom. The Bertz CT molecular complexity index is 964. The van der Waals surface area contributed by atoms with Gasteiger partial charge in [0.15, 0.2) is 0 Å². The molecule has 2 aromatic carbocycles. The first kappa shape index (κ1) is 14.8. The second-order valence-electron chi connectivity index (χ2n) is 4.86. The molecule has 2 N–H and O–H groups in total. The van der Waals surface area contributed by atoms with Crippen LogP contribution in [0.25, 0.3) is 10.9 Å². The van der Waals surface area contributed by atoms with E-state index in [-0.39, 0.29) is 11.3 Å². The van der Waals surface area contributed by atoms with Crippen LogP contribution in [0.1, 0.15) is 15.9 Å². The Morgan fingerprint density at radius 3 is 2.83 bits per heavy atom. The summed E-state index contributed by atoms with van der Waals surface area (Å²) in [7, 11) is 0. The van der Waals surface area contributed by atoms with Gasteiger partial charge in [0.05, 0.1) is 16.6 Å². The van der Waals surface area contributed by atoms with E-state index in [0.717, 1.165) is 5.39 Å². The van der Waals surface area contributed by atoms with Gasteiger partial charge in [0.25, 0.3) is 5.91 Å². The van der Waals surface area contributed by atoms with Crippen LogP contribution >= 0.6 is 11.6 Å². The summed E-state index contributed by atoms with van der Waals surface area (Å²) in [5.41, 5.74) is 1.74. The van der Waals surface area contributed by atoms with E-state index < -0.39 is 5.91 Å². The van der Waals surface area contributed by atoms with Crippen molar-refractivity contribution in [3.63, 3.8) is 0 Å². The Hall–Kier alpha value is -3.10. The van der Waals surface area contributed by atoms with E-state index in [1.54, 1.807) is 24.3 Å². The highest BCUT2D eigenvalue weighted by atomic mass is 35.5. The first-order valence-electron chi connectivity index (χ1n) is 6.66. The van der Waals surface area contributed by atoms with Crippen LogP contribution in [-0.2, 0) is 0 Å². The topological polar surface area (TPSA) is 86.0 Å². The van der Waals surface area contributed by atoms with Crippen LogP contribution in [0, 0.1) is 11.3 Å². The standard InChI is InChI=1S/C17H10ClN3O2/c18-12-2-4-16(22)14(6-12)17(23)21-13-3-1-11-5-10(8-19)9-20-15(11)7-13/h1-7,9,22H,(H,21,23). The van der Waals surface area contributed by atoms with Gasteiger partial charge in [-0.25, -0.2) is 0 Å². The van der Waals surface area contributed by atoms with E-state index in [0.29, 0.717) is 21.8 Å². The van der Waals surface area contributed by atoms with E-state index in [2.05, 4.69) is 10.3 Å². The molecule has 0 spiro atoms. The molecule has 3 rings (SSSR count). The number of aromatic hydroxyl groups is 1. The van der Waals surface area contributed by atoms with E-state index in [1.807, 2.05) is 6.07 Å². The molecule has 5 nitrogen and oxygen atoms in total.